The Morgan fingerprint density at radius 1 is 1.22 bits per heavy atom. The van der Waals surface area contributed by atoms with Crippen LogP contribution in [0.3, 0.4) is 0 Å². The van der Waals surface area contributed by atoms with Crippen LogP contribution in [0.15, 0.2) is 18.3 Å². The largest absolute Gasteiger partial charge is 0.383 e. The number of methoxy groups -OCH3 is 2. The lowest BCUT2D eigenvalue weighted by Gasteiger charge is -2.22. The maximum Gasteiger partial charge on any atom is 0.272 e. The summed E-state index contributed by atoms with van der Waals surface area (Å²) < 4.78 is 12.1. The maximum atomic E-state index is 13.1. The molecule has 0 fully saturated rings. The summed E-state index contributed by atoms with van der Waals surface area (Å²) in [6.45, 7) is 6.06. The summed E-state index contributed by atoms with van der Waals surface area (Å²) in [7, 11) is 3.27. The van der Waals surface area contributed by atoms with Gasteiger partial charge in [0.05, 0.1) is 18.9 Å². The minimum absolute atomic E-state index is 0.0333. The number of pyridine rings is 1. The second-order valence-electron chi connectivity index (χ2n) is 5.47. The number of imidazole rings is 1. The van der Waals surface area contributed by atoms with Crippen molar-refractivity contribution in [2.24, 2.45) is 0 Å². The van der Waals surface area contributed by atoms with Gasteiger partial charge in [0.1, 0.15) is 11.3 Å². The van der Waals surface area contributed by atoms with Crippen molar-refractivity contribution in [2.75, 3.05) is 40.5 Å². The van der Waals surface area contributed by atoms with E-state index in [0.29, 0.717) is 38.4 Å². The minimum Gasteiger partial charge on any atom is -0.383 e. The van der Waals surface area contributed by atoms with Crippen molar-refractivity contribution in [3.8, 4) is 0 Å². The van der Waals surface area contributed by atoms with E-state index in [-0.39, 0.29) is 5.91 Å². The molecule has 6 heteroatoms. The van der Waals surface area contributed by atoms with Gasteiger partial charge < -0.3 is 14.4 Å². The lowest BCUT2D eigenvalue weighted by molar-refractivity contribution is 0.0619. The van der Waals surface area contributed by atoms with Crippen LogP contribution in [0.5, 0.6) is 0 Å². The van der Waals surface area contributed by atoms with E-state index < -0.39 is 0 Å². The van der Waals surface area contributed by atoms with E-state index in [4.69, 9.17) is 9.47 Å². The molecule has 0 saturated heterocycles. The molecule has 2 aromatic rings. The zero-order valence-electron chi connectivity index (χ0n) is 14.3. The zero-order chi connectivity index (χ0) is 16.8. The monoisotopic (exact) mass is 319 g/mol. The first-order chi connectivity index (χ1) is 11.1. The first kappa shape index (κ1) is 17.4. The smallest absolute Gasteiger partial charge is 0.272 e. The molecule has 6 nitrogen and oxygen atoms in total. The van der Waals surface area contributed by atoms with Crippen LogP contribution in [0.25, 0.3) is 5.65 Å². The van der Waals surface area contributed by atoms with E-state index in [9.17, 15) is 4.79 Å². The predicted octanol–water partition coefficient (Wildman–Crippen LogP) is 1.94. The molecule has 0 saturated carbocycles. The van der Waals surface area contributed by atoms with Gasteiger partial charge in [-0.3, -0.25) is 9.20 Å². The van der Waals surface area contributed by atoms with E-state index in [1.165, 1.54) is 0 Å². The molecular formula is C17H25N3O3. The van der Waals surface area contributed by atoms with Crippen LogP contribution in [0.2, 0.25) is 0 Å². The summed E-state index contributed by atoms with van der Waals surface area (Å²) in [6, 6.07) is 3.95. The number of rotatable bonds is 8. The number of amides is 1. The van der Waals surface area contributed by atoms with Crippen LogP contribution >= 0.6 is 0 Å². The molecule has 0 aliphatic carbocycles. The van der Waals surface area contributed by atoms with Gasteiger partial charge in [-0.1, -0.05) is 13.0 Å². The Bertz CT molecular complexity index is 658. The van der Waals surface area contributed by atoms with Crippen LogP contribution in [0.4, 0.5) is 0 Å². The standard InChI is InChI=1S/C17H25N3O3/c1-5-14-16(20-12-13(2)6-7-15(20)18-14)17(21)19(8-10-22-3)9-11-23-4/h6-7,12H,5,8-11H2,1-4H3. The van der Waals surface area contributed by atoms with Crippen molar-refractivity contribution in [1.29, 1.82) is 0 Å². The molecule has 0 unspecified atom stereocenters. The fourth-order valence-corrected chi connectivity index (χ4v) is 2.54. The summed E-state index contributed by atoms with van der Waals surface area (Å²) in [6.07, 6.45) is 2.67. The van der Waals surface area contributed by atoms with Crippen LogP contribution in [-0.4, -0.2) is 60.7 Å². The molecule has 0 bridgehead atoms. The summed E-state index contributed by atoms with van der Waals surface area (Å²) in [5.41, 5.74) is 3.35. The Morgan fingerprint density at radius 2 is 1.87 bits per heavy atom. The van der Waals surface area contributed by atoms with E-state index in [1.54, 1.807) is 19.1 Å². The normalized spacial score (nSPS) is 11.1. The highest BCUT2D eigenvalue weighted by molar-refractivity contribution is 5.94. The lowest BCUT2D eigenvalue weighted by atomic mass is 10.2. The molecule has 2 heterocycles. The van der Waals surface area contributed by atoms with Crippen molar-refractivity contribution in [3.05, 3.63) is 35.3 Å². The third kappa shape index (κ3) is 3.89. The maximum absolute atomic E-state index is 13.1. The molecule has 0 N–H and O–H groups in total. The van der Waals surface area contributed by atoms with Gasteiger partial charge in [0.2, 0.25) is 0 Å². The van der Waals surface area contributed by atoms with Crippen molar-refractivity contribution in [2.45, 2.75) is 20.3 Å². The number of carbonyl (C=O) groups excluding carboxylic acids is 1. The third-order valence-corrected chi connectivity index (χ3v) is 3.79. The summed E-state index contributed by atoms with van der Waals surface area (Å²) in [4.78, 5) is 19.4. The lowest BCUT2D eigenvalue weighted by Crippen LogP contribution is -2.37. The van der Waals surface area contributed by atoms with Crippen LogP contribution in [-0.2, 0) is 15.9 Å². The molecule has 0 aromatic carbocycles. The highest BCUT2D eigenvalue weighted by Gasteiger charge is 2.23. The number of ether oxygens (including phenoxy) is 2. The molecular weight excluding hydrogens is 294 g/mol. The molecule has 0 aliphatic rings. The van der Waals surface area contributed by atoms with Gasteiger partial charge in [-0.2, -0.15) is 0 Å². The number of aryl methyl sites for hydroxylation is 2. The van der Waals surface area contributed by atoms with E-state index in [2.05, 4.69) is 4.98 Å². The number of aromatic nitrogens is 2. The summed E-state index contributed by atoms with van der Waals surface area (Å²) in [5.74, 6) is -0.0333. The van der Waals surface area contributed by atoms with Crippen molar-refractivity contribution in [3.63, 3.8) is 0 Å². The summed E-state index contributed by atoms with van der Waals surface area (Å²) >= 11 is 0. The fourth-order valence-electron chi connectivity index (χ4n) is 2.54. The van der Waals surface area contributed by atoms with Crippen LogP contribution < -0.4 is 0 Å². The van der Waals surface area contributed by atoms with Crippen molar-refractivity contribution < 1.29 is 14.3 Å². The molecule has 1 amide bonds. The third-order valence-electron chi connectivity index (χ3n) is 3.79. The zero-order valence-corrected chi connectivity index (χ0v) is 14.3. The average Bonchev–Trinajstić information content (AvgIpc) is 2.92. The average molecular weight is 319 g/mol. The first-order valence-corrected chi connectivity index (χ1v) is 7.87. The Hall–Kier alpha value is -1.92. The number of hydrogen-bond acceptors (Lipinski definition) is 4. The van der Waals surface area contributed by atoms with Crippen LogP contribution in [0, 0.1) is 6.92 Å². The van der Waals surface area contributed by atoms with Gasteiger partial charge in [-0.15, -0.1) is 0 Å². The second kappa shape index (κ2) is 8.08. The van der Waals surface area contributed by atoms with Gasteiger partial charge in [0.15, 0.2) is 0 Å². The van der Waals surface area contributed by atoms with Gasteiger partial charge in [0, 0.05) is 33.5 Å². The minimum atomic E-state index is -0.0333. The van der Waals surface area contributed by atoms with E-state index >= 15 is 0 Å². The fraction of sp³-hybridized carbons (Fsp3) is 0.529. The SMILES string of the molecule is CCc1nc2ccc(C)cn2c1C(=O)N(CCOC)CCOC. The van der Waals surface area contributed by atoms with Crippen LogP contribution in [0.1, 0.15) is 28.7 Å². The predicted molar refractivity (Wildman–Crippen MR) is 89.0 cm³/mol. The van der Waals surface area contributed by atoms with E-state index in [1.807, 2.05) is 36.6 Å². The number of fused-ring (bicyclic) bond motifs is 1. The molecule has 0 aliphatic heterocycles. The molecule has 0 atom stereocenters. The number of nitrogens with zero attached hydrogens (tertiary/aromatic N) is 3. The Balaban J connectivity index is 2.41. The van der Waals surface area contributed by atoms with E-state index in [0.717, 1.165) is 16.9 Å². The molecule has 0 radical (unpaired) electrons. The topological polar surface area (TPSA) is 56.1 Å². The molecule has 2 rings (SSSR count). The van der Waals surface area contributed by atoms with Crippen molar-refractivity contribution >= 4 is 11.6 Å². The van der Waals surface area contributed by atoms with Gasteiger partial charge in [0.25, 0.3) is 5.91 Å². The molecule has 126 valence electrons. The Morgan fingerprint density at radius 3 is 2.43 bits per heavy atom. The number of carbonyl (C=O) groups is 1. The van der Waals surface area contributed by atoms with Gasteiger partial charge >= 0.3 is 0 Å². The highest BCUT2D eigenvalue weighted by atomic mass is 16.5. The quantitative estimate of drug-likeness (QED) is 0.746. The number of hydrogen-bond donors (Lipinski definition) is 0. The summed E-state index contributed by atoms with van der Waals surface area (Å²) in [5, 5.41) is 0. The van der Waals surface area contributed by atoms with Crippen molar-refractivity contribution in [1.82, 2.24) is 14.3 Å². The highest BCUT2D eigenvalue weighted by Crippen LogP contribution is 2.17. The molecule has 2 aromatic heterocycles. The Kier molecular flexibility index (Phi) is 6.12. The Labute approximate surface area is 137 Å². The van der Waals surface area contributed by atoms with Gasteiger partial charge in [-0.05, 0) is 25.0 Å². The molecule has 23 heavy (non-hydrogen) atoms. The first-order valence-electron chi connectivity index (χ1n) is 7.87. The molecule has 0 spiro atoms. The second-order valence-corrected chi connectivity index (χ2v) is 5.47. The van der Waals surface area contributed by atoms with Gasteiger partial charge in [-0.25, -0.2) is 4.98 Å².